The average Bonchev–Trinajstić information content (AvgIpc) is 2.94. The van der Waals surface area contributed by atoms with E-state index in [1.807, 2.05) is 85.8 Å². The Bertz CT molecular complexity index is 1320. The number of sulfonamides is 1. The second-order valence-corrected chi connectivity index (χ2v) is 13.2. The molecule has 2 N–H and O–H groups in total. The summed E-state index contributed by atoms with van der Waals surface area (Å²) in [6.45, 7) is 2.70. The van der Waals surface area contributed by atoms with Crippen LogP contribution in [-0.2, 0) is 31.6 Å². The molecule has 0 aliphatic rings. The predicted octanol–water partition coefficient (Wildman–Crippen LogP) is 8.23. The van der Waals surface area contributed by atoms with E-state index in [0.29, 0.717) is 0 Å². The molecule has 0 bridgehead atoms. The third-order valence-electron chi connectivity index (χ3n) is 6.11. The molecule has 218 valence electrons. The normalized spacial score (nSPS) is 12.2. The second-order valence-electron chi connectivity index (χ2n) is 8.80. The van der Waals surface area contributed by atoms with Crippen molar-refractivity contribution >= 4 is 41.8 Å². The molecule has 4 aromatic carbocycles. The van der Waals surface area contributed by atoms with Crippen LogP contribution < -0.4 is 10.0 Å². The van der Waals surface area contributed by atoms with Crippen molar-refractivity contribution in [2.45, 2.75) is 36.7 Å². The molecule has 0 spiro atoms. The van der Waals surface area contributed by atoms with Crippen molar-refractivity contribution in [3.05, 3.63) is 145 Å². The molecule has 1 unspecified atom stereocenters. The molecule has 0 fully saturated rings. The fraction of sp³-hybridized carbons (Fsp3) is 0.194. The molecule has 4 nitrogen and oxygen atoms in total. The van der Waals surface area contributed by atoms with Crippen LogP contribution in [-0.4, -0.2) is 15.0 Å². The van der Waals surface area contributed by atoms with Gasteiger partial charge in [-0.2, -0.15) is 0 Å². The number of aryl methyl sites for hydroxylation is 2. The molecule has 9 heteroatoms. The van der Waals surface area contributed by atoms with E-state index in [9.17, 15) is 8.42 Å². The van der Waals surface area contributed by atoms with Gasteiger partial charge in [0.2, 0.25) is 10.0 Å². The maximum absolute atomic E-state index is 13.4. The van der Waals surface area contributed by atoms with E-state index in [0.717, 1.165) is 36.1 Å². The van der Waals surface area contributed by atoms with E-state index in [1.54, 1.807) is 12.1 Å². The van der Waals surface area contributed by atoms with E-state index >= 15 is 0 Å². The Kier molecular flexibility index (Phi) is 17.6. The van der Waals surface area contributed by atoms with Gasteiger partial charge in [-0.25, -0.2) is 13.1 Å². The van der Waals surface area contributed by atoms with Crippen LogP contribution in [0.3, 0.4) is 0 Å². The summed E-state index contributed by atoms with van der Waals surface area (Å²) in [7, 11) is 5.97. The van der Waals surface area contributed by atoms with Gasteiger partial charge in [-0.15, -0.1) is 12.4 Å². The molecule has 4 rings (SSSR count). The molecule has 0 aromatic heterocycles. The van der Waals surface area contributed by atoms with Crippen LogP contribution in [0.2, 0.25) is 0 Å². The Morgan fingerprint density at radius 3 is 1.68 bits per heavy atom. The van der Waals surface area contributed by atoms with Gasteiger partial charge in [-0.3, -0.25) is 0 Å². The van der Waals surface area contributed by atoms with Gasteiger partial charge in [0.15, 0.2) is 0 Å². The zero-order chi connectivity index (χ0) is 27.2. The second kappa shape index (κ2) is 19.4. The summed E-state index contributed by atoms with van der Waals surface area (Å²) in [5, 5.41) is 3.66. The van der Waals surface area contributed by atoms with Crippen LogP contribution in [0.1, 0.15) is 40.8 Å². The molecule has 0 aliphatic heterocycles. The fourth-order valence-electron chi connectivity index (χ4n) is 4.22. The van der Waals surface area contributed by atoms with Gasteiger partial charge in [0.25, 0.3) is 0 Å². The van der Waals surface area contributed by atoms with Crippen molar-refractivity contribution in [2.24, 2.45) is 0 Å². The molecule has 0 aliphatic carbocycles. The van der Waals surface area contributed by atoms with E-state index in [2.05, 4.69) is 34.3 Å². The van der Waals surface area contributed by atoms with E-state index in [4.69, 9.17) is 19.4 Å². The maximum atomic E-state index is 13.4. The monoisotopic (exact) mass is 707 g/mol. The van der Waals surface area contributed by atoms with E-state index in [-0.39, 0.29) is 45.9 Å². The molecule has 0 heterocycles. The van der Waals surface area contributed by atoms with Crippen LogP contribution in [0.25, 0.3) is 0 Å². The molecular weight excluding hydrogens is 672 g/mol. The van der Waals surface area contributed by atoms with Gasteiger partial charge in [0, 0.05) is 0 Å². The van der Waals surface area contributed by atoms with Crippen molar-refractivity contribution < 1.29 is 23.6 Å². The van der Waals surface area contributed by atoms with Gasteiger partial charge in [0.05, 0.1) is 17.0 Å². The number of hydrogen-bond acceptors (Lipinski definition) is 3. The van der Waals surface area contributed by atoms with Crippen molar-refractivity contribution in [1.29, 1.82) is 0 Å². The molecule has 4 aromatic rings. The zero-order valence-corrected chi connectivity index (χ0v) is 27.4. The summed E-state index contributed by atoms with van der Waals surface area (Å²) in [6.07, 6.45) is 1.90. The first-order valence-electron chi connectivity index (χ1n) is 12.3. The number of halogens is 3. The van der Waals surface area contributed by atoms with Crippen LogP contribution >= 0.6 is 31.8 Å². The van der Waals surface area contributed by atoms with E-state index < -0.39 is 16.1 Å². The first kappa shape index (κ1) is 36.3. The number of benzene rings is 4. The van der Waals surface area contributed by atoms with Crippen molar-refractivity contribution in [1.82, 2.24) is 10.0 Å². The van der Waals surface area contributed by atoms with Gasteiger partial charge < -0.3 is 12.7 Å². The van der Waals surface area contributed by atoms with Gasteiger partial charge in [-0.1, -0.05) is 109 Å². The minimum atomic E-state index is -3.74. The molecule has 0 saturated heterocycles. The third-order valence-corrected chi connectivity index (χ3v) is 7.57. The first-order valence-corrected chi connectivity index (χ1v) is 18.2. The zero-order valence-electron chi connectivity index (χ0n) is 22.5. The number of nitrogens with one attached hydrogen (secondary N) is 2. The summed E-state index contributed by atoms with van der Waals surface area (Å²) < 4.78 is 29.9. The van der Waals surface area contributed by atoms with Gasteiger partial charge >= 0.3 is 34.5 Å². The number of hydrogen-bond donors (Lipinski definition) is 2. The van der Waals surface area contributed by atoms with Crippen LogP contribution in [0, 0.1) is 14.4 Å². The molecule has 2 atom stereocenters. The molecular formula is C31H36Cl3N2O2RuS-. The summed E-state index contributed by atoms with van der Waals surface area (Å²) in [5.74, 6) is 0. The minimum absolute atomic E-state index is 0. The van der Waals surface area contributed by atoms with Crippen molar-refractivity contribution in [3.8, 4) is 0 Å². The SMILES string of the molecule is Cc1ccc(S(=O)(=O)N[C@@H](c2ccccc2)C(NCCCc2ccccc2)c2ccccc2)cc1.Cl.[CH3-].[Cl][Ru][Cl]. The van der Waals surface area contributed by atoms with Crippen molar-refractivity contribution in [2.75, 3.05) is 6.54 Å². The average molecular weight is 708 g/mol. The summed E-state index contributed by atoms with van der Waals surface area (Å²) in [6, 6.07) is 36.5. The van der Waals surface area contributed by atoms with Crippen LogP contribution in [0.15, 0.2) is 120 Å². The molecule has 0 radical (unpaired) electrons. The Morgan fingerprint density at radius 1 is 0.725 bits per heavy atom. The Morgan fingerprint density at radius 2 is 1.18 bits per heavy atom. The fourth-order valence-corrected chi connectivity index (χ4v) is 5.46. The Hall–Kier alpha value is -1.76. The topological polar surface area (TPSA) is 58.2 Å². The molecule has 0 saturated carbocycles. The van der Waals surface area contributed by atoms with Crippen LogP contribution in [0.4, 0.5) is 0 Å². The van der Waals surface area contributed by atoms with Crippen molar-refractivity contribution in [3.63, 3.8) is 0 Å². The van der Waals surface area contributed by atoms with Gasteiger partial charge in [0.1, 0.15) is 0 Å². The Labute approximate surface area is 262 Å². The standard InChI is InChI=1S/C30H32N2O2S.CH3.3ClH.Ru/c1-24-19-21-28(22-20-24)35(33,34)32-30(27-17-9-4-10-18-27)29(26-15-7-3-8-16-26)31-23-11-14-25-12-5-2-6-13-25;;;;;/h2-10,12-13,15-22,29-32H,11,14,23H2,1H3;1H3;3*1H;/q;-1;;;;+2/p-2/t29?,30-;;;;;/m0...../s1. The summed E-state index contributed by atoms with van der Waals surface area (Å²) >= 11 is -0.346. The van der Waals surface area contributed by atoms with Gasteiger partial charge in [-0.05, 0) is 55.1 Å². The Balaban J connectivity index is 0.00000153. The summed E-state index contributed by atoms with van der Waals surface area (Å²) in [5.41, 5.74) is 4.26. The molecule has 0 amide bonds. The predicted molar refractivity (Wildman–Crippen MR) is 168 cm³/mol. The summed E-state index contributed by atoms with van der Waals surface area (Å²) in [4.78, 5) is 0.264. The van der Waals surface area contributed by atoms with E-state index in [1.165, 1.54) is 5.56 Å². The molecule has 40 heavy (non-hydrogen) atoms. The number of rotatable bonds is 11. The third kappa shape index (κ3) is 11.6. The quantitative estimate of drug-likeness (QED) is 0.0939. The van der Waals surface area contributed by atoms with Crippen LogP contribution in [0.5, 0.6) is 0 Å². The first-order chi connectivity index (χ1) is 18.4.